The van der Waals surface area contributed by atoms with Crippen LogP contribution in [0.15, 0.2) is 46.9 Å². The number of aromatic nitrogens is 1. The largest absolute Gasteiger partial charge is 0.484 e. The van der Waals surface area contributed by atoms with Crippen LogP contribution in [0.2, 0.25) is 0 Å². The molecule has 182 valence electrons. The fraction of sp³-hybridized carbons (Fsp3) is 0.200. The van der Waals surface area contributed by atoms with Crippen LogP contribution in [-0.4, -0.2) is 17.5 Å². The van der Waals surface area contributed by atoms with Crippen molar-refractivity contribution in [2.45, 2.75) is 26.2 Å². The van der Waals surface area contributed by atoms with Gasteiger partial charge in [0.1, 0.15) is 16.8 Å². The van der Waals surface area contributed by atoms with Crippen LogP contribution in [0, 0.1) is 29.1 Å². The maximum Gasteiger partial charge on any atom is 0.262 e. The summed E-state index contributed by atoms with van der Waals surface area (Å²) in [5, 5.41) is 2.58. The van der Waals surface area contributed by atoms with Crippen LogP contribution in [0.3, 0.4) is 0 Å². The average Bonchev–Trinajstić information content (AvgIpc) is 3.27. The molecule has 0 saturated carbocycles. The van der Waals surface area contributed by atoms with Gasteiger partial charge >= 0.3 is 0 Å². The summed E-state index contributed by atoms with van der Waals surface area (Å²) in [4.78, 5) is 16.1. The maximum atomic E-state index is 14.1. The molecule has 1 unspecified atom stereocenters. The molecule has 0 aliphatic rings. The van der Waals surface area contributed by atoms with Gasteiger partial charge in [-0.15, -0.1) is 0 Å². The lowest BCUT2D eigenvalue weighted by Crippen LogP contribution is -2.20. The summed E-state index contributed by atoms with van der Waals surface area (Å²) >= 11 is 0. The third kappa shape index (κ3) is 4.82. The second kappa shape index (κ2) is 9.73. The van der Waals surface area contributed by atoms with Crippen LogP contribution in [0.25, 0.3) is 22.6 Å². The summed E-state index contributed by atoms with van der Waals surface area (Å²) in [5.74, 6) is -11.0. The smallest absolute Gasteiger partial charge is 0.262 e. The first kappa shape index (κ1) is 24.2. The van der Waals surface area contributed by atoms with Crippen molar-refractivity contribution in [2.75, 3.05) is 11.9 Å². The molecule has 0 spiro atoms. The lowest BCUT2D eigenvalue weighted by atomic mass is 9.99. The number of carbonyl (C=O) groups excluding carboxylic acids is 1. The quantitative estimate of drug-likeness (QED) is 0.177. The van der Waals surface area contributed by atoms with Crippen molar-refractivity contribution in [3.8, 4) is 17.2 Å². The van der Waals surface area contributed by atoms with Crippen LogP contribution in [0.4, 0.5) is 27.6 Å². The number of amides is 1. The summed E-state index contributed by atoms with van der Waals surface area (Å²) < 4.78 is 79.2. The Bertz CT molecular complexity index is 1370. The van der Waals surface area contributed by atoms with E-state index in [9.17, 15) is 26.7 Å². The fourth-order valence-electron chi connectivity index (χ4n) is 3.38. The van der Waals surface area contributed by atoms with Crippen molar-refractivity contribution in [2.24, 2.45) is 0 Å². The number of carbonyl (C=O) groups is 1. The first-order valence-corrected chi connectivity index (χ1v) is 10.6. The highest BCUT2D eigenvalue weighted by atomic mass is 19.2. The van der Waals surface area contributed by atoms with Crippen molar-refractivity contribution < 1.29 is 35.9 Å². The summed E-state index contributed by atoms with van der Waals surface area (Å²) in [7, 11) is 0. The number of halogens is 5. The molecule has 0 radical (unpaired) electrons. The third-order valence-electron chi connectivity index (χ3n) is 5.53. The van der Waals surface area contributed by atoms with Crippen molar-refractivity contribution in [3.63, 3.8) is 0 Å². The normalized spacial score (nSPS) is 12.1. The van der Waals surface area contributed by atoms with Gasteiger partial charge in [-0.1, -0.05) is 26.0 Å². The van der Waals surface area contributed by atoms with Crippen LogP contribution in [-0.2, 0) is 4.79 Å². The number of oxazole rings is 1. The number of ether oxygens (including phenoxy) is 1. The van der Waals surface area contributed by atoms with E-state index in [0.29, 0.717) is 11.7 Å². The van der Waals surface area contributed by atoms with Gasteiger partial charge in [0.25, 0.3) is 5.91 Å². The van der Waals surface area contributed by atoms with E-state index in [1.165, 1.54) is 18.2 Å². The average molecular weight is 490 g/mol. The Balaban J connectivity index is 1.48. The molecule has 0 fully saturated rings. The van der Waals surface area contributed by atoms with E-state index in [4.69, 9.17) is 9.15 Å². The Hall–Kier alpha value is -3.95. The molecule has 1 heterocycles. The maximum absolute atomic E-state index is 14.1. The van der Waals surface area contributed by atoms with Crippen LogP contribution < -0.4 is 10.1 Å². The molecular formula is C25H19F5N2O3. The first-order chi connectivity index (χ1) is 16.7. The number of benzene rings is 3. The van der Waals surface area contributed by atoms with E-state index in [2.05, 4.69) is 24.1 Å². The second-order valence-electron chi connectivity index (χ2n) is 7.86. The van der Waals surface area contributed by atoms with Gasteiger partial charge in [0.2, 0.25) is 11.7 Å². The van der Waals surface area contributed by atoms with Gasteiger partial charge in [0.15, 0.2) is 35.5 Å². The van der Waals surface area contributed by atoms with Crippen molar-refractivity contribution in [3.05, 3.63) is 77.1 Å². The Morgan fingerprint density at radius 3 is 2.23 bits per heavy atom. The third-order valence-corrected chi connectivity index (χ3v) is 5.53. The summed E-state index contributed by atoms with van der Waals surface area (Å²) in [6, 6.07) is 11.5. The minimum absolute atomic E-state index is 0.0135. The topological polar surface area (TPSA) is 64.4 Å². The molecule has 35 heavy (non-hydrogen) atoms. The second-order valence-corrected chi connectivity index (χ2v) is 7.86. The van der Waals surface area contributed by atoms with Crippen molar-refractivity contribution >= 4 is 22.7 Å². The molecule has 0 saturated heterocycles. The Labute approximate surface area is 196 Å². The predicted octanol–water partition coefficient (Wildman–Crippen LogP) is 6.72. The first-order valence-electron chi connectivity index (χ1n) is 10.6. The van der Waals surface area contributed by atoms with E-state index in [1.807, 2.05) is 12.1 Å². The number of rotatable bonds is 7. The van der Waals surface area contributed by atoms with E-state index in [0.717, 1.165) is 12.0 Å². The number of hydrogen-bond acceptors (Lipinski definition) is 4. The highest BCUT2D eigenvalue weighted by Crippen LogP contribution is 2.33. The predicted molar refractivity (Wildman–Crippen MR) is 119 cm³/mol. The summed E-state index contributed by atoms with van der Waals surface area (Å²) in [6.07, 6.45) is 1.00. The zero-order valence-corrected chi connectivity index (χ0v) is 18.6. The van der Waals surface area contributed by atoms with E-state index >= 15 is 0 Å². The number of hydrogen-bond donors (Lipinski definition) is 1. The molecule has 10 heteroatoms. The molecule has 4 rings (SSSR count). The van der Waals surface area contributed by atoms with Gasteiger partial charge in [0.05, 0.1) is 0 Å². The molecule has 1 aromatic heterocycles. The molecule has 3 aromatic carbocycles. The number of fused-ring (bicyclic) bond motifs is 1. The van der Waals surface area contributed by atoms with E-state index in [1.54, 1.807) is 12.1 Å². The molecule has 4 aromatic rings. The Kier molecular flexibility index (Phi) is 6.72. The standard InChI is InChI=1S/C25H19F5N2O3/c1-3-12(2)13-4-7-15(8-5-13)34-11-18(33)31-14-6-9-17-16(10-14)32-25(35-17)19-20(26)22(28)24(30)23(29)21(19)27/h4-10,12H,3,11H2,1-2H3,(H,31,33). The molecule has 0 aliphatic heterocycles. The summed E-state index contributed by atoms with van der Waals surface area (Å²) in [5.41, 5.74) is 0.185. The molecule has 5 nitrogen and oxygen atoms in total. The zero-order chi connectivity index (χ0) is 25.3. The van der Waals surface area contributed by atoms with Gasteiger partial charge < -0.3 is 14.5 Å². The highest BCUT2D eigenvalue weighted by molar-refractivity contribution is 5.94. The lowest BCUT2D eigenvalue weighted by molar-refractivity contribution is -0.118. The lowest BCUT2D eigenvalue weighted by Gasteiger charge is -2.11. The SMILES string of the molecule is CCC(C)c1ccc(OCC(=O)Nc2ccc3oc(-c4c(F)c(F)c(F)c(F)c4F)nc3c2)cc1. The van der Waals surface area contributed by atoms with Crippen molar-refractivity contribution in [1.82, 2.24) is 4.98 Å². The summed E-state index contributed by atoms with van der Waals surface area (Å²) in [6.45, 7) is 3.92. The van der Waals surface area contributed by atoms with Crippen LogP contribution in [0.1, 0.15) is 31.7 Å². The van der Waals surface area contributed by atoms with E-state index in [-0.39, 0.29) is 23.4 Å². The fourth-order valence-corrected chi connectivity index (χ4v) is 3.38. The van der Waals surface area contributed by atoms with Crippen LogP contribution in [0.5, 0.6) is 5.75 Å². The minimum Gasteiger partial charge on any atom is -0.484 e. The number of nitrogens with zero attached hydrogens (tertiary/aromatic N) is 1. The van der Waals surface area contributed by atoms with Gasteiger partial charge in [-0.2, -0.15) is 0 Å². The molecule has 1 amide bonds. The highest BCUT2D eigenvalue weighted by Gasteiger charge is 2.29. The Morgan fingerprint density at radius 2 is 1.60 bits per heavy atom. The minimum atomic E-state index is -2.28. The van der Waals surface area contributed by atoms with E-state index < -0.39 is 46.4 Å². The van der Waals surface area contributed by atoms with Gasteiger partial charge in [-0.25, -0.2) is 26.9 Å². The molecular weight excluding hydrogens is 471 g/mol. The van der Waals surface area contributed by atoms with Gasteiger partial charge in [-0.3, -0.25) is 4.79 Å². The monoisotopic (exact) mass is 490 g/mol. The molecule has 0 bridgehead atoms. The molecule has 0 aliphatic carbocycles. The molecule has 1 atom stereocenters. The van der Waals surface area contributed by atoms with Crippen molar-refractivity contribution in [1.29, 1.82) is 0 Å². The van der Waals surface area contributed by atoms with Gasteiger partial charge in [0, 0.05) is 5.69 Å². The Morgan fingerprint density at radius 1 is 0.971 bits per heavy atom. The zero-order valence-electron chi connectivity index (χ0n) is 18.6. The van der Waals surface area contributed by atoms with Crippen LogP contribution >= 0.6 is 0 Å². The number of anilines is 1. The van der Waals surface area contributed by atoms with Gasteiger partial charge in [-0.05, 0) is 48.2 Å². The molecule has 1 N–H and O–H groups in total. The number of nitrogens with one attached hydrogen (secondary N) is 1.